The molecule has 18 heavy (non-hydrogen) atoms. The SMILES string of the molecule is COS(=O)N(C1CCNCC1)C1CN(C(C)C)C1. The second kappa shape index (κ2) is 6.43. The van der Waals surface area contributed by atoms with E-state index in [1.165, 1.54) is 7.11 Å². The van der Waals surface area contributed by atoms with E-state index in [-0.39, 0.29) is 0 Å². The number of hydrogen-bond donors (Lipinski definition) is 1. The maximum atomic E-state index is 12.1. The van der Waals surface area contributed by atoms with E-state index in [1.54, 1.807) is 0 Å². The van der Waals surface area contributed by atoms with Crippen LogP contribution in [0.25, 0.3) is 0 Å². The van der Waals surface area contributed by atoms with Gasteiger partial charge < -0.3 is 5.32 Å². The summed E-state index contributed by atoms with van der Waals surface area (Å²) in [6.07, 6.45) is 2.13. The third-order valence-electron chi connectivity index (χ3n) is 3.96. The molecule has 1 unspecified atom stereocenters. The fourth-order valence-electron chi connectivity index (χ4n) is 2.76. The summed E-state index contributed by atoms with van der Waals surface area (Å²) in [5.41, 5.74) is 0. The first kappa shape index (κ1) is 14.4. The molecule has 0 spiro atoms. The molecule has 0 bridgehead atoms. The van der Waals surface area contributed by atoms with E-state index in [9.17, 15) is 4.21 Å². The van der Waals surface area contributed by atoms with Crippen molar-refractivity contribution in [2.75, 3.05) is 33.3 Å². The lowest BCUT2D eigenvalue weighted by atomic mass is 10.0. The maximum absolute atomic E-state index is 12.1. The van der Waals surface area contributed by atoms with Gasteiger partial charge in [0.2, 0.25) is 11.3 Å². The van der Waals surface area contributed by atoms with Crippen LogP contribution in [0.1, 0.15) is 26.7 Å². The first-order valence-electron chi connectivity index (χ1n) is 6.83. The zero-order valence-electron chi connectivity index (χ0n) is 11.6. The number of nitrogens with zero attached hydrogens (tertiary/aromatic N) is 2. The first-order chi connectivity index (χ1) is 8.63. The van der Waals surface area contributed by atoms with Crippen molar-refractivity contribution in [1.29, 1.82) is 0 Å². The fraction of sp³-hybridized carbons (Fsp3) is 1.00. The van der Waals surface area contributed by atoms with Gasteiger partial charge in [-0.1, -0.05) is 0 Å². The van der Waals surface area contributed by atoms with Gasteiger partial charge in [0.25, 0.3) is 0 Å². The molecule has 0 aliphatic carbocycles. The summed E-state index contributed by atoms with van der Waals surface area (Å²) in [5.74, 6) is 0. The fourth-order valence-corrected chi connectivity index (χ4v) is 3.76. The van der Waals surface area contributed by atoms with Gasteiger partial charge in [-0.25, -0.2) is 4.21 Å². The van der Waals surface area contributed by atoms with Crippen LogP contribution >= 0.6 is 0 Å². The van der Waals surface area contributed by atoms with Crippen molar-refractivity contribution in [1.82, 2.24) is 14.5 Å². The molecule has 0 amide bonds. The minimum absolute atomic E-state index is 0.385. The van der Waals surface area contributed by atoms with Gasteiger partial charge in [-0.2, -0.15) is 4.31 Å². The molecule has 0 aromatic rings. The van der Waals surface area contributed by atoms with Crippen molar-refractivity contribution in [3.8, 4) is 0 Å². The van der Waals surface area contributed by atoms with E-state index in [0.717, 1.165) is 39.0 Å². The molecule has 2 fully saturated rings. The standard InChI is InChI=1S/C12H25N3O2S/c1-10(2)14-8-12(9-14)15(18(16)17-3)11-4-6-13-7-5-11/h10-13H,4-9H2,1-3H3. The predicted octanol–water partition coefficient (Wildman–Crippen LogP) is 0.358. The highest BCUT2D eigenvalue weighted by Gasteiger charge is 2.40. The van der Waals surface area contributed by atoms with Crippen LogP contribution in [0, 0.1) is 0 Å². The molecule has 2 saturated heterocycles. The molecule has 1 atom stereocenters. The van der Waals surface area contributed by atoms with Crippen LogP contribution in [0.15, 0.2) is 0 Å². The summed E-state index contributed by atoms with van der Waals surface area (Å²) in [6.45, 7) is 8.47. The zero-order chi connectivity index (χ0) is 13.1. The first-order valence-corrected chi connectivity index (χ1v) is 7.86. The maximum Gasteiger partial charge on any atom is 0.237 e. The molecule has 0 radical (unpaired) electrons. The number of nitrogens with one attached hydrogen (secondary N) is 1. The summed E-state index contributed by atoms with van der Waals surface area (Å²) < 4.78 is 19.3. The van der Waals surface area contributed by atoms with Crippen LogP contribution in [0.5, 0.6) is 0 Å². The molecular weight excluding hydrogens is 250 g/mol. The number of piperidine rings is 1. The average molecular weight is 275 g/mol. The van der Waals surface area contributed by atoms with E-state index >= 15 is 0 Å². The zero-order valence-corrected chi connectivity index (χ0v) is 12.4. The van der Waals surface area contributed by atoms with Crippen LogP contribution in [-0.2, 0) is 15.4 Å². The van der Waals surface area contributed by atoms with Crippen molar-refractivity contribution in [2.24, 2.45) is 0 Å². The lowest BCUT2D eigenvalue weighted by Crippen LogP contribution is -2.64. The Labute approximate surface area is 113 Å². The average Bonchev–Trinajstić information content (AvgIpc) is 2.32. The largest absolute Gasteiger partial charge is 0.317 e. The number of rotatable bonds is 5. The van der Waals surface area contributed by atoms with Crippen LogP contribution in [0.2, 0.25) is 0 Å². The number of likely N-dealkylation sites (tertiary alicyclic amines) is 1. The third-order valence-corrected chi connectivity index (χ3v) is 5.19. The Hall–Kier alpha value is -0.0100. The summed E-state index contributed by atoms with van der Waals surface area (Å²) in [5, 5.41) is 3.35. The van der Waals surface area contributed by atoms with Crippen molar-refractivity contribution in [2.45, 2.75) is 44.8 Å². The Kier molecular flexibility index (Phi) is 5.14. The summed E-state index contributed by atoms with van der Waals surface area (Å²) in [7, 11) is 1.53. The van der Waals surface area contributed by atoms with E-state index in [0.29, 0.717) is 18.1 Å². The van der Waals surface area contributed by atoms with Gasteiger partial charge in [-0.05, 0) is 39.8 Å². The molecule has 2 heterocycles. The quantitative estimate of drug-likeness (QED) is 0.787. The topological polar surface area (TPSA) is 44.8 Å². The normalized spacial score (nSPS) is 25.6. The molecule has 106 valence electrons. The summed E-state index contributed by atoms with van der Waals surface area (Å²) >= 11 is -1.29. The molecule has 0 saturated carbocycles. The molecule has 6 heteroatoms. The van der Waals surface area contributed by atoms with E-state index < -0.39 is 11.3 Å². The molecular formula is C12H25N3O2S. The van der Waals surface area contributed by atoms with Gasteiger partial charge >= 0.3 is 0 Å². The lowest BCUT2D eigenvalue weighted by Gasteiger charge is -2.48. The number of hydrogen-bond acceptors (Lipinski definition) is 4. The highest BCUT2D eigenvalue weighted by atomic mass is 32.2. The molecule has 0 aromatic heterocycles. The van der Waals surface area contributed by atoms with E-state index in [1.807, 2.05) is 0 Å². The molecule has 2 aliphatic rings. The van der Waals surface area contributed by atoms with Crippen molar-refractivity contribution in [3.05, 3.63) is 0 Å². The molecule has 2 rings (SSSR count). The lowest BCUT2D eigenvalue weighted by molar-refractivity contribution is 0.0301. The van der Waals surface area contributed by atoms with Crippen LogP contribution in [-0.4, -0.2) is 64.8 Å². The van der Waals surface area contributed by atoms with Gasteiger partial charge in [0.05, 0.1) is 13.2 Å². The van der Waals surface area contributed by atoms with Crippen molar-refractivity contribution in [3.63, 3.8) is 0 Å². The molecule has 2 aliphatic heterocycles. The van der Waals surface area contributed by atoms with Gasteiger partial charge in [-0.3, -0.25) is 9.08 Å². The Bertz CT molecular complexity index is 289. The van der Waals surface area contributed by atoms with Crippen LogP contribution in [0.4, 0.5) is 0 Å². The highest BCUT2D eigenvalue weighted by Crippen LogP contribution is 2.25. The van der Waals surface area contributed by atoms with Gasteiger partial charge in [0.15, 0.2) is 0 Å². The van der Waals surface area contributed by atoms with Gasteiger partial charge in [-0.15, -0.1) is 0 Å². The second-order valence-corrected chi connectivity index (χ2v) is 6.62. The minimum atomic E-state index is -1.29. The van der Waals surface area contributed by atoms with Crippen molar-refractivity contribution >= 4 is 11.3 Å². The van der Waals surface area contributed by atoms with Crippen LogP contribution in [0.3, 0.4) is 0 Å². The van der Waals surface area contributed by atoms with Crippen molar-refractivity contribution < 1.29 is 8.39 Å². The Morgan fingerprint density at radius 1 is 1.28 bits per heavy atom. The summed E-state index contributed by atoms with van der Waals surface area (Å²) in [4.78, 5) is 2.41. The Morgan fingerprint density at radius 2 is 1.89 bits per heavy atom. The van der Waals surface area contributed by atoms with E-state index in [2.05, 4.69) is 28.4 Å². The molecule has 5 nitrogen and oxygen atoms in total. The monoisotopic (exact) mass is 275 g/mol. The molecule has 0 aromatic carbocycles. The Morgan fingerprint density at radius 3 is 2.39 bits per heavy atom. The van der Waals surface area contributed by atoms with Gasteiger partial charge in [0.1, 0.15) is 0 Å². The van der Waals surface area contributed by atoms with Crippen LogP contribution < -0.4 is 5.32 Å². The molecule has 1 N–H and O–H groups in total. The third kappa shape index (κ3) is 3.11. The highest BCUT2D eigenvalue weighted by molar-refractivity contribution is 7.77. The Balaban J connectivity index is 1.96. The van der Waals surface area contributed by atoms with E-state index in [4.69, 9.17) is 4.18 Å². The summed E-state index contributed by atoms with van der Waals surface area (Å²) in [6, 6.07) is 1.36. The predicted molar refractivity (Wildman–Crippen MR) is 73.4 cm³/mol. The second-order valence-electron chi connectivity index (χ2n) is 5.43. The minimum Gasteiger partial charge on any atom is -0.317 e. The smallest absolute Gasteiger partial charge is 0.237 e. The van der Waals surface area contributed by atoms with Gasteiger partial charge in [0, 0.05) is 25.2 Å².